The molecule has 1 aromatic heterocycles. The second-order valence-corrected chi connectivity index (χ2v) is 4.30. The molecule has 0 bridgehead atoms. The van der Waals surface area contributed by atoms with E-state index in [1.165, 1.54) is 6.07 Å². The van der Waals surface area contributed by atoms with Crippen LogP contribution < -0.4 is 5.32 Å². The molecule has 0 amide bonds. The van der Waals surface area contributed by atoms with Crippen molar-refractivity contribution in [1.82, 2.24) is 9.97 Å². The van der Waals surface area contributed by atoms with Gasteiger partial charge in [-0.25, -0.2) is 18.7 Å². The summed E-state index contributed by atoms with van der Waals surface area (Å²) in [6, 6.07) is 4.56. The Morgan fingerprint density at radius 3 is 2.50 bits per heavy atom. The Kier molecular flexibility index (Phi) is 4.81. The number of aromatic nitrogens is 2. The van der Waals surface area contributed by atoms with Crippen LogP contribution >= 0.6 is 11.6 Å². The van der Waals surface area contributed by atoms with Crippen molar-refractivity contribution in [2.45, 2.75) is 13.5 Å². The fourth-order valence-electron chi connectivity index (χ4n) is 1.56. The molecule has 0 radical (unpaired) electrons. The van der Waals surface area contributed by atoms with E-state index in [0.717, 1.165) is 18.2 Å². The summed E-state index contributed by atoms with van der Waals surface area (Å²) >= 11 is 5.86. The first-order valence-corrected chi connectivity index (χ1v) is 6.29. The maximum absolute atomic E-state index is 13.1. The van der Waals surface area contributed by atoms with Gasteiger partial charge in [-0.05, 0) is 19.1 Å². The van der Waals surface area contributed by atoms with Gasteiger partial charge in [0.1, 0.15) is 29.2 Å². The summed E-state index contributed by atoms with van der Waals surface area (Å²) in [4.78, 5) is 8.14. The molecule has 0 unspecified atom stereocenters. The van der Waals surface area contributed by atoms with Gasteiger partial charge in [-0.15, -0.1) is 0 Å². The predicted molar refractivity (Wildman–Crippen MR) is 72.0 cm³/mol. The molecule has 20 heavy (non-hydrogen) atoms. The van der Waals surface area contributed by atoms with Crippen molar-refractivity contribution in [3.63, 3.8) is 0 Å². The summed E-state index contributed by atoms with van der Waals surface area (Å²) in [5, 5.41) is 2.99. The van der Waals surface area contributed by atoms with Crippen molar-refractivity contribution < 1.29 is 13.5 Å². The smallest absolute Gasteiger partial charge is 0.158 e. The number of ether oxygens (including phenoxy) is 1. The molecular formula is C13H12ClF2N3O. The maximum Gasteiger partial charge on any atom is 0.158 e. The molecular weight excluding hydrogens is 288 g/mol. The standard InChI is InChI=1S/C13H12ClF2N3O/c1-2-20-7-13-18-11(14)6-12(19-13)17-10-4-8(15)3-9(16)5-10/h3-6H,2,7H2,1H3,(H,17,18,19). The average molecular weight is 300 g/mol. The molecule has 0 aliphatic heterocycles. The molecule has 0 aliphatic carbocycles. The third-order valence-electron chi connectivity index (χ3n) is 2.31. The number of halogens is 3. The molecule has 7 heteroatoms. The minimum absolute atomic E-state index is 0.212. The Morgan fingerprint density at radius 2 is 1.85 bits per heavy atom. The van der Waals surface area contributed by atoms with Crippen LogP contribution in [0.3, 0.4) is 0 Å². The number of hydrogen-bond acceptors (Lipinski definition) is 4. The Bertz CT molecular complexity index is 590. The molecule has 1 heterocycles. The van der Waals surface area contributed by atoms with Gasteiger partial charge < -0.3 is 10.1 Å². The summed E-state index contributed by atoms with van der Waals surface area (Å²) in [6.45, 7) is 2.58. The van der Waals surface area contributed by atoms with Crippen LogP contribution in [0.1, 0.15) is 12.7 Å². The lowest BCUT2D eigenvalue weighted by molar-refractivity contribution is 0.128. The van der Waals surface area contributed by atoms with Gasteiger partial charge in [-0.2, -0.15) is 0 Å². The van der Waals surface area contributed by atoms with Crippen molar-refractivity contribution in [3.8, 4) is 0 Å². The summed E-state index contributed by atoms with van der Waals surface area (Å²) in [7, 11) is 0. The van der Waals surface area contributed by atoms with E-state index in [9.17, 15) is 8.78 Å². The molecule has 2 rings (SSSR count). The number of benzene rings is 1. The van der Waals surface area contributed by atoms with Gasteiger partial charge in [0.25, 0.3) is 0 Å². The van der Waals surface area contributed by atoms with Crippen molar-refractivity contribution in [2.24, 2.45) is 0 Å². The van der Waals surface area contributed by atoms with Crippen LogP contribution in [0.5, 0.6) is 0 Å². The largest absolute Gasteiger partial charge is 0.374 e. The van der Waals surface area contributed by atoms with E-state index >= 15 is 0 Å². The van der Waals surface area contributed by atoms with Crippen molar-refractivity contribution in [3.05, 3.63) is 46.9 Å². The summed E-state index contributed by atoms with van der Waals surface area (Å²) in [6.07, 6.45) is 0. The van der Waals surface area contributed by atoms with E-state index in [-0.39, 0.29) is 17.4 Å². The molecule has 0 saturated carbocycles. The fourth-order valence-corrected chi connectivity index (χ4v) is 1.76. The monoisotopic (exact) mass is 299 g/mol. The Balaban J connectivity index is 2.21. The van der Waals surface area contributed by atoms with Crippen LogP contribution in [0.4, 0.5) is 20.3 Å². The van der Waals surface area contributed by atoms with E-state index in [1.807, 2.05) is 6.92 Å². The van der Waals surface area contributed by atoms with Gasteiger partial charge in [0.05, 0.1) is 0 Å². The third kappa shape index (κ3) is 4.11. The van der Waals surface area contributed by atoms with Crippen molar-refractivity contribution >= 4 is 23.1 Å². The van der Waals surface area contributed by atoms with Crippen molar-refractivity contribution in [1.29, 1.82) is 0 Å². The van der Waals surface area contributed by atoms with Gasteiger partial charge in [0.15, 0.2) is 5.82 Å². The van der Waals surface area contributed by atoms with E-state index < -0.39 is 11.6 Å². The van der Waals surface area contributed by atoms with Gasteiger partial charge in [-0.3, -0.25) is 0 Å². The summed E-state index contributed by atoms with van der Waals surface area (Å²) in [5.74, 6) is -0.632. The SMILES string of the molecule is CCOCc1nc(Cl)cc(Nc2cc(F)cc(F)c2)n1. The van der Waals surface area contributed by atoms with Crippen LogP contribution in [0.15, 0.2) is 24.3 Å². The molecule has 0 spiro atoms. The molecule has 2 aromatic rings. The predicted octanol–water partition coefficient (Wildman–Crippen LogP) is 3.69. The second-order valence-electron chi connectivity index (χ2n) is 3.91. The highest BCUT2D eigenvalue weighted by atomic mass is 35.5. The first-order chi connectivity index (χ1) is 9.56. The normalized spacial score (nSPS) is 10.6. The Hall–Kier alpha value is -1.79. The van der Waals surface area contributed by atoms with Crippen LogP contribution in [0, 0.1) is 11.6 Å². The molecule has 0 aliphatic rings. The zero-order valence-corrected chi connectivity index (χ0v) is 11.4. The van der Waals surface area contributed by atoms with Gasteiger partial charge >= 0.3 is 0 Å². The van der Waals surface area contributed by atoms with Gasteiger partial charge in [0, 0.05) is 24.4 Å². The van der Waals surface area contributed by atoms with Crippen LogP contribution in [-0.4, -0.2) is 16.6 Å². The van der Waals surface area contributed by atoms with Crippen molar-refractivity contribution in [2.75, 3.05) is 11.9 Å². The molecule has 0 atom stereocenters. The molecule has 4 nitrogen and oxygen atoms in total. The lowest BCUT2D eigenvalue weighted by Gasteiger charge is -2.08. The minimum Gasteiger partial charge on any atom is -0.374 e. The highest BCUT2D eigenvalue weighted by Gasteiger charge is 2.06. The highest BCUT2D eigenvalue weighted by Crippen LogP contribution is 2.19. The highest BCUT2D eigenvalue weighted by molar-refractivity contribution is 6.29. The van der Waals surface area contributed by atoms with E-state index in [2.05, 4.69) is 15.3 Å². The zero-order valence-electron chi connectivity index (χ0n) is 10.7. The molecule has 1 N–H and O–H groups in total. The van der Waals surface area contributed by atoms with E-state index in [4.69, 9.17) is 16.3 Å². The van der Waals surface area contributed by atoms with Gasteiger partial charge in [0.2, 0.25) is 0 Å². The topological polar surface area (TPSA) is 47.0 Å². The second kappa shape index (κ2) is 6.58. The summed E-state index contributed by atoms with van der Waals surface area (Å²) in [5.41, 5.74) is 0.236. The number of hydrogen-bond donors (Lipinski definition) is 1. The average Bonchev–Trinajstić information content (AvgIpc) is 2.34. The lowest BCUT2D eigenvalue weighted by Crippen LogP contribution is -2.03. The molecule has 106 valence electrons. The third-order valence-corrected chi connectivity index (χ3v) is 2.51. The zero-order chi connectivity index (χ0) is 14.5. The Morgan fingerprint density at radius 1 is 1.15 bits per heavy atom. The van der Waals surface area contributed by atoms with Gasteiger partial charge in [-0.1, -0.05) is 11.6 Å². The Labute approximate surface area is 119 Å². The van der Waals surface area contributed by atoms with E-state index in [0.29, 0.717) is 18.2 Å². The number of rotatable bonds is 5. The van der Waals surface area contributed by atoms with Crippen LogP contribution in [0.2, 0.25) is 5.15 Å². The lowest BCUT2D eigenvalue weighted by atomic mass is 10.3. The molecule has 1 aromatic carbocycles. The fraction of sp³-hybridized carbons (Fsp3) is 0.231. The number of nitrogens with zero attached hydrogens (tertiary/aromatic N) is 2. The van der Waals surface area contributed by atoms with E-state index in [1.54, 1.807) is 0 Å². The number of anilines is 2. The first-order valence-electron chi connectivity index (χ1n) is 5.91. The maximum atomic E-state index is 13.1. The van der Waals surface area contributed by atoms with Crippen LogP contribution in [-0.2, 0) is 11.3 Å². The van der Waals surface area contributed by atoms with Crippen LogP contribution in [0.25, 0.3) is 0 Å². The summed E-state index contributed by atoms with van der Waals surface area (Å²) < 4.78 is 31.4. The molecule has 0 fully saturated rings. The number of nitrogens with one attached hydrogen (secondary N) is 1. The first kappa shape index (κ1) is 14.6. The molecule has 0 saturated heterocycles. The minimum atomic E-state index is -0.679. The quantitative estimate of drug-likeness (QED) is 0.855.